The highest BCUT2D eigenvalue weighted by Crippen LogP contribution is 2.63. The maximum atomic E-state index is 12.8. The number of hydrogen-bond donors (Lipinski definition) is 1. The minimum Gasteiger partial charge on any atom is -0.461 e. The smallest absolute Gasteiger partial charge is 0.376 e. The van der Waals surface area contributed by atoms with E-state index in [1.54, 1.807) is 0 Å². The molecule has 12 fully saturated rings. The second-order valence-corrected chi connectivity index (χ2v) is 20.7. The number of hydrogen-bond acceptors (Lipinski definition) is 8. The van der Waals surface area contributed by atoms with E-state index in [9.17, 15) is 50.6 Å². The van der Waals surface area contributed by atoms with Crippen LogP contribution in [-0.4, -0.2) is 72.0 Å². The van der Waals surface area contributed by atoms with Gasteiger partial charge in [0.15, 0.2) is 0 Å². The first-order chi connectivity index (χ1) is 25.9. The highest BCUT2D eigenvalue weighted by Gasteiger charge is 2.59. The van der Waals surface area contributed by atoms with Crippen LogP contribution in [0.1, 0.15) is 130 Å². The molecule has 0 aromatic heterocycles. The van der Waals surface area contributed by atoms with Crippen molar-refractivity contribution in [1.29, 1.82) is 0 Å². The molecule has 12 bridgehead atoms. The molecule has 56 heavy (non-hydrogen) atoms. The zero-order valence-corrected chi connectivity index (χ0v) is 32.8. The van der Waals surface area contributed by atoms with Crippen molar-refractivity contribution in [1.82, 2.24) is 0 Å². The Morgan fingerprint density at radius 3 is 1.18 bits per heavy atom. The number of ether oxygens (including phenoxy) is 3. The molecule has 8 nitrogen and oxygen atoms in total. The number of aliphatic hydroxyl groups is 1. The van der Waals surface area contributed by atoms with Crippen LogP contribution < -0.4 is 0 Å². The normalized spacial score (nSPS) is 42.4. The van der Waals surface area contributed by atoms with Gasteiger partial charge >= 0.3 is 35.7 Å². The van der Waals surface area contributed by atoms with Crippen LogP contribution in [0.2, 0.25) is 0 Å². The van der Waals surface area contributed by atoms with Crippen LogP contribution >= 0.6 is 0 Å². The van der Waals surface area contributed by atoms with Crippen molar-refractivity contribution in [3.8, 4) is 0 Å². The van der Waals surface area contributed by atoms with E-state index in [1.165, 1.54) is 19.3 Å². The summed E-state index contributed by atoms with van der Waals surface area (Å²) >= 11 is 0. The van der Waals surface area contributed by atoms with Gasteiger partial charge in [-0.05, 0) is 145 Å². The topological polar surface area (TPSA) is 116 Å². The third kappa shape index (κ3) is 8.94. The summed E-state index contributed by atoms with van der Waals surface area (Å²) in [6.45, 7) is 2.01. The molecule has 0 saturated heterocycles. The number of esters is 3. The second-order valence-electron chi connectivity index (χ2n) is 20.7. The Balaban J connectivity index is 0.000000129. The molecular weight excluding hydrogens is 746 g/mol. The van der Waals surface area contributed by atoms with Gasteiger partial charge in [0, 0.05) is 48.9 Å². The van der Waals surface area contributed by atoms with Crippen molar-refractivity contribution in [2.75, 3.05) is 19.8 Å². The lowest BCUT2D eigenvalue weighted by atomic mass is 9.48. The van der Waals surface area contributed by atoms with E-state index < -0.39 is 41.3 Å². The van der Waals surface area contributed by atoms with Crippen molar-refractivity contribution in [2.45, 2.75) is 153 Å². The van der Waals surface area contributed by atoms with E-state index in [0.717, 1.165) is 88.4 Å². The van der Waals surface area contributed by atoms with E-state index in [1.807, 2.05) is 0 Å². The van der Waals surface area contributed by atoms with Crippen molar-refractivity contribution in [3.63, 3.8) is 0 Å². The molecule has 12 aliphatic carbocycles. The number of alkyl halides is 6. The van der Waals surface area contributed by atoms with Crippen LogP contribution in [0.15, 0.2) is 0 Å². The van der Waals surface area contributed by atoms with E-state index in [0.29, 0.717) is 63.6 Å². The number of Topliss-reactive ketones (excluding diaryl/α,β-unsaturated/α-hetero) is 1. The summed E-state index contributed by atoms with van der Waals surface area (Å²) in [6.07, 6.45) is 16.5. The summed E-state index contributed by atoms with van der Waals surface area (Å²) < 4.78 is 91.4. The zero-order chi connectivity index (χ0) is 40.7. The van der Waals surface area contributed by atoms with Crippen LogP contribution in [0.4, 0.5) is 26.3 Å². The van der Waals surface area contributed by atoms with E-state index >= 15 is 0 Å². The highest BCUT2D eigenvalue weighted by molar-refractivity contribution is 5.85. The Hall–Kier alpha value is -2.38. The van der Waals surface area contributed by atoms with E-state index in [-0.39, 0.29) is 47.9 Å². The molecule has 0 aliphatic heterocycles. The van der Waals surface area contributed by atoms with Gasteiger partial charge < -0.3 is 19.3 Å². The molecule has 14 heteroatoms. The van der Waals surface area contributed by atoms with Gasteiger partial charge in [-0.15, -0.1) is 0 Å². The number of carbonyl (C=O) groups excluding carboxylic acids is 4. The Morgan fingerprint density at radius 2 is 0.821 bits per heavy atom. The quantitative estimate of drug-likeness (QED) is 0.140. The van der Waals surface area contributed by atoms with Gasteiger partial charge in [0.05, 0.1) is 25.4 Å². The van der Waals surface area contributed by atoms with Gasteiger partial charge in [0.2, 0.25) is 0 Å². The number of ketones is 1. The Kier molecular flexibility index (Phi) is 10.8. The third-order valence-corrected chi connectivity index (χ3v) is 15.0. The molecule has 316 valence electrons. The average molecular weight is 805 g/mol. The van der Waals surface area contributed by atoms with Gasteiger partial charge in [-0.1, -0.05) is 0 Å². The summed E-state index contributed by atoms with van der Waals surface area (Å²) in [5.41, 5.74) is -1.11. The molecule has 0 radical (unpaired) electrons. The van der Waals surface area contributed by atoms with Crippen LogP contribution in [-0.2, 0) is 33.4 Å². The maximum Gasteiger partial charge on any atom is 0.376 e. The lowest BCUT2D eigenvalue weighted by molar-refractivity contribution is -0.197. The molecular formula is C42H58F6O8. The van der Waals surface area contributed by atoms with Gasteiger partial charge in [-0.2, -0.15) is 26.3 Å². The predicted molar refractivity (Wildman–Crippen MR) is 188 cm³/mol. The number of rotatable bonds is 9. The molecule has 1 N–H and O–H groups in total. The fourth-order valence-corrected chi connectivity index (χ4v) is 14.2. The SMILES string of the molecule is CC(F)(F)C(=O)OCC12CC3CC(C1)C(=O)C(C3)C2.CC(F)(F)C(=O)OCC12CC3CC(CC(C3)C1)C2.CC(F)(F)C(=O)OCC12CC3CC(CC(O)(C3)C1)C2. The van der Waals surface area contributed by atoms with Crippen LogP contribution in [0.3, 0.4) is 0 Å². The van der Waals surface area contributed by atoms with Gasteiger partial charge in [-0.25, -0.2) is 14.4 Å². The van der Waals surface area contributed by atoms with Crippen LogP contribution in [0.25, 0.3) is 0 Å². The highest BCUT2D eigenvalue weighted by atomic mass is 19.3. The molecule has 4 unspecified atom stereocenters. The largest absolute Gasteiger partial charge is 0.461 e. The lowest BCUT2D eigenvalue weighted by Crippen LogP contribution is -2.57. The van der Waals surface area contributed by atoms with Gasteiger partial charge in [-0.3, -0.25) is 4.79 Å². The fraction of sp³-hybridized carbons (Fsp3) is 0.905. The van der Waals surface area contributed by atoms with Crippen LogP contribution in [0, 0.1) is 63.6 Å². The Bertz CT molecular complexity index is 1480. The zero-order valence-electron chi connectivity index (χ0n) is 32.8. The Morgan fingerprint density at radius 1 is 0.518 bits per heavy atom. The third-order valence-electron chi connectivity index (χ3n) is 15.0. The summed E-state index contributed by atoms with van der Waals surface area (Å²) in [4.78, 5) is 45.6. The average Bonchev–Trinajstić information content (AvgIpc) is 3.05. The first-order valence-electron chi connectivity index (χ1n) is 20.8. The first-order valence-corrected chi connectivity index (χ1v) is 20.8. The molecule has 12 aliphatic rings. The monoisotopic (exact) mass is 804 g/mol. The predicted octanol–water partition coefficient (Wildman–Crippen LogP) is 8.50. The number of halogens is 6. The first kappa shape index (κ1) is 41.8. The van der Waals surface area contributed by atoms with Gasteiger partial charge in [0.25, 0.3) is 0 Å². The van der Waals surface area contributed by atoms with E-state index in [2.05, 4.69) is 0 Å². The molecule has 0 aromatic rings. The molecule has 0 aromatic carbocycles. The maximum absolute atomic E-state index is 12.8. The standard InChI is InChI=1S/C14H20F2O3.C14H18F2O3.C14H20F2O2/c1-12(15,16)11(17)19-8-13-3-9-2-10(4-13)6-14(18,5-9)7-13;1-13(15,16)12(18)19-7-14-4-8-2-9(5-14)11(17)10(3-8)6-14;1-13(15,16)12(17)18-8-14-5-9-2-10(6-14)4-11(3-9)7-14/h9-10,18H,2-8H2,1H3;8-10H,2-7H2,1H3;9-11H,2-8H2,1H3. The molecule has 12 saturated carbocycles. The van der Waals surface area contributed by atoms with Crippen LogP contribution in [0.5, 0.6) is 0 Å². The summed E-state index contributed by atoms with van der Waals surface area (Å²) in [5, 5.41) is 10.5. The van der Waals surface area contributed by atoms with Crippen molar-refractivity contribution in [3.05, 3.63) is 0 Å². The minimum atomic E-state index is -3.43. The van der Waals surface area contributed by atoms with Crippen molar-refractivity contribution in [2.24, 2.45) is 63.6 Å². The lowest BCUT2D eigenvalue weighted by Gasteiger charge is -2.59. The molecule has 0 spiro atoms. The molecule has 4 atom stereocenters. The molecule has 0 heterocycles. The summed E-state index contributed by atoms with van der Waals surface area (Å²) in [6, 6.07) is 0. The minimum absolute atomic E-state index is 0.0235. The van der Waals surface area contributed by atoms with E-state index in [4.69, 9.17) is 14.2 Å². The summed E-state index contributed by atoms with van der Waals surface area (Å²) in [7, 11) is 0. The second kappa shape index (κ2) is 14.4. The molecule has 0 amide bonds. The fourth-order valence-electron chi connectivity index (χ4n) is 14.2. The Labute approximate surface area is 324 Å². The van der Waals surface area contributed by atoms with Crippen molar-refractivity contribution < 1.29 is 64.8 Å². The molecule has 12 rings (SSSR count). The van der Waals surface area contributed by atoms with Crippen molar-refractivity contribution >= 4 is 23.7 Å². The number of carbonyl (C=O) groups is 4. The summed E-state index contributed by atoms with van der Waals surface area (Å²) in [5.74, 6) is -10.3. The van der Waals surface area contributed by atoms with Gasteiger partial charge in [0.1, 0.15) is 5.78 Å².